The second kappa shape index (κ2) is 4.39. The minimum atomic E-state index is -0.0741. The number of benzene rings is 1. The number of rotatable bonds is 2. The van der Waals surface area contributed by atoms with Crippen LogP contribution in [0, 0.1) is 6.92 Å². The Labute approximate surface area is 103 Å². The molecule has 84 valence electrons. The third kappa shape index (κ3) is 2.03. The average Bonchev–Trinajstić information content (AvgIpc) is 2.61. The van der Waals surface area contributed by atoms with E-state index < -0.39 is 0 Å². The molecule has 0 saturated heterocycles. The van der Waals surface area contributed by atoms with Gasteiger partial charge in [-0.05, 0) is 19.9 Å². The Bertz CT molecular complexity index is 503. The van der Waals surface area contributed by atoms with E-state index >= 15 is 0 Å². The summed E-state index contributed by atoms with van der Waals surface area (Å²) in [5.74, 6) is 0.822. The van der Waals surface area contributed by atoms with Crippen molar-refractivity contribution in [3.05, 3.63) is 40.3 Å². The van der Waals surface area contributed by atoms with Gasteiger partial charge in [-0.2, -0.15) is 0 Å². The zero-order chi connectivity index (χ0) is 11.7. The first-order valence-corrected chi connectivity index (χ1v) is 5.96. The summed E-state index contributed by atoms with van der Waals surface area (Å²) in [6, 6.07) is 7.96. The molecule has 16 heavy (non-hydrogen) atoms. The molecular formula is C12H14BrN3. The van der Waals surface area contributed by atoms with Gasteiger partial charge in [0.05, 0.1) is 11.7 Å². The van der Waals surface area contributed by atoms with Crippen molar-refractivity contribution in [2.24, 2.45) is 5.73 Å². The lowest BCUT2D eigenvalue weighted by molar-refractivity contribution is 0.754. The van der Waals surface area contributed by atoms with Crippen LogP contribution in [0.2, 0.25) is 0 Å². The van der Waals surface area contributed by atoms with Gasteiger partial charge in [-0.25, -0.2) is 4.98 Å². The molecule has 4 heteroatoms. The van der Waals surface area contributed by atoms with Gasteiger partial charge in [0.2, 0.25) is 0 Å². The lowest BCUT2D eigenvalue weighted by Crippen LogP contribution is -2.06. The van der Waals surface area contributed by atoms with Gasteiger partial charge in [0, 0.05) is 15.7 Å². The summed E-state index contributed by atoms with van der Waals surface area (Å²) in [6.45, 7) is 3.93. The number of nitrogens with two attached hydrogens (primary N) is 1. The first-order chi connectivity index (χ1) is 7.59. The normalized spacial score (nSPS) is 12.8. The highest BCUT2D eigenvalue weighted by Crippen LogP contribution is 2.29. The second-order valence-electron chi connectivity index (χ2n) is 3.86. The fraction of sp³-hybridized carbons (Fsp3) is 0.250. The summed E-state index contributed by atoms with van der Waals surface area (Å²) in [7, 11) is 0. The molecule has 2 rings (SSSR count). The van der Waals surface area contributed by atoms with Gasteiger partial charge in [-0.1, -0.05) is 34.1 Å². The molecule has 0 radical (unpaired) electrons. The topological polar surface area (TPSA) is 54.7 Å². The van der Waals surface area contributed by atoms with E-state index in [9.17, 15) is 0 Å². The van der Waals surface area contributed by atoms with Gasteiger partial charge < -0.3 is 10.7 Å². The third-order valence-electron chi connectivity index (χ3n) is 2.46. The fourth-order valence-corrected chi connectivity index (χ4v) is 2.09. The monoisotopic (exact) mass is 279 g/mol. The molecule has 1 aromatic carbocycles. The van der Waals surface area contributed by atoms with E-state index in [1.54, 1.807) is 0 Å². The van der Waals surface area contributed by atoms with E-state index in [4.69, 9.17) is 5.73 Å². The Hall–Kier alpha value is -1.13. The van der Waals surface area contributed by atoms with Gasteiger partial charge in [0.25, 0.3) is 0 Å². The summed E-state index contributed by atoms with van der Waals surface area (Å²) in [5, 5.41) is 0. The van der Waals surface area contributed by atoms with E-state index in [1.807, 2.05) is 38.1 Å². The molecule has 0 aliphatic heterocycles. The number of H-pyrrole nitrogens is 1. The highest BCUT2D eigenvalue weighted by atomic mass is 79.9. The van der Waals surface area contributed by atoms with Crippen molar-refractivity contribution >= 4 is 15.9 Å². The number of aromatic amines is 1. The minimum absolute atomic E-state index is 0.0741. The van der Waals surface area contributed by atoms with Crippen LogP contribution in [0.25, 0.3) is 11.3 Å². The zero-order valence-corrected chi connectivity index (χ0v) is 10.9. The van der Waals surface area contributed by atoms with Gasteiger partial charge in [0.1, 0.15) is 5.82 Å². The van der Waals surface area contributed by atoms with Crippen LogP contribution in [0.1, 0.15) is 24.5 Å². The lowest BCUT2D eigenvalue weighted by atomic mass is 10.1. The fourth-order valence-electron chi connectivity index (χ4n) is 1.61. The molecule has 1 atom stereocenters. The van der Waals surface area contributed by atoms with Crippen LogP contribution in [-0.2, 0) is 0 Å². The van der Waals surface area contributed by atoms with E-state index in [1.165, 1.54) is 0 Å². The van der Waals surface area contributed by atoms with Crippen molar-refractivity contribution < 1.29 is 0 Å². The molecule has 0 aliphatic rings. The Morgan fingerprint density at radius 3 is 2.62 bits per heavy atom. The van der Waals surface area contributed by atoms with Crippen LogP contribution in [0.15, 0.2) is 28.7 Å². The summed E-state index contributed by atoms with van der Waals surface area (Å²) in [5.41, 5.74) is 8.89. The Kier molecular flexibility index (Phi) is 3.12. The van der Waals surface area contributed by atoms with Gasteiger partial charge in [-0.3, -0.25) is 0 Å². The quantitative estimate of drug-likeness (QED) is 0.887. The van der Waals surface area contributed by atoms with E-state index in [0.717, 1.165) is 27.2 Å². The maximum absolute atomic E-state index is 5.81. The smallest absolute Gasteiger partial charge is 0.123 e. The van der Waals surface area contributed by atoms with Crippen molar-refractivity contribution in [1.29, 1.82) is 0 Å². The number of nitrogens with one attached hydrogen (secondary N) is 1. The van der Waals surface area contributed by atoms with Crippen LogP contribution in [0.3, 0.4) is 0 Å². The number of nitrogens with zero attached hydrogens (tertiary/aromatic N) is 1. The minimum Gasteiger partial charge on any atom is -0.344 e. The average molecular weight is 280 g/mol. The Morgan fingerprint density at radius 2 is 2.06 bits per heavy atom. The predicted octanol–water partition coefficient (Wildman–Crippen LogP) is 3.17. The van der Waals surface area contributed by atoms with Gasteiger partial charge >= 0.3 is 0 Å². The number of imidazole rings is 1. The molecule has 0 spiro atoms. The number of halogens is 1. The van der Waals surface area contributed by atoms with Crippen molar-refractivity contribution in [3.63, 3.8) is 0 Å². The lowest BCUT2D eigenvalue weighted by Gasteiger charge is -2.01. The van der Waals surface area contributed by atoms with Crippen LogP contribution < -0.4 is 5.73 Å². The summed E-state index contributed by atoms with van der Waals surface area (Å²) in [4.78, 5) is 7.74. The number of hydrogen-bond donors (Lipinski definition) is 2. The van der Waals surface area contributed by atoms with Crippen molar-refractivity contribution in [2.45, 2.75) is 19.9 Å². The second-order valence-corrected chi connectivity index (χ2v) is 4.72. The van der Waals surface area contributed by atoms with Gasteiger partial charge in [0.15, 0.2) is 0 Å². The van der Waals surface area contributed by atoms with Crippen LogP contribution in [0.4, 0.5) is 0 Å². The number of aromatic nitrogens is 2. The summed E-state index contributed by atoms with van der Waals surface area (Å²) in [6.07, 6.45) is 0. The third-order valence-corrected chi connectivity index (χ3v) is 3.15. The van der Waals surface area contributed by atoms with Crippen molar-refractivity contribution in [3.8, 4) is 11.3 Å². The SMILES string of the molecule is Cc1[nH]c(C(C)N)nc1-c1ccccc1Br. The number of hydrogen-bond acceptors (Lipinski definition) is 2. The van der Waals surface area contributed by atoms with Crippen molar-refractivity contribution in [2.75, 3.05) is 0 Å². The molecule has 1 heterocycles. The van der Waals surface area contributed by atoms with Crippen LogP contribution >= 0.6 is 15.9 Å². The van der Waals surface area contributed by atoms with Gasteiger partial charge in [-0.15, -0.1) is 0 Å². The molecule has 0 aliphatic carbocycles. The van der Waals surface area contributed by atoms with Crippen LogP contribution in [-0.4, -0.2) is 9.97 Å². The standard InChI is InChI=1S/C12H14BrN3/c1-7(14)12-15-8(2)11(16-12)9-5-3-4-6-10(9)13/h3-7H,14H2,1-2H3,(H,15,16). The highest BCUT2D eigenvalue weighted by Gasteiger charge is 2.12. The van der Waals surface area contributed by atoms with Crippen LogP contribution in [0.5, 0.6) is 0 Å². The zero-order valence-electron chi connectivity index (χ0n) is 9.29. The Balaban J connectivity index is 2.52. The molecule has 3 N–H and O–H groups in total. The molecule has 0 fully saturated rings. The molecule has 1 aromatic heterocycles. The molecule has 2 aromatic rings. The first-order valence-electron chi connectivity index (χ1n) is 5.16. The maximum Gasteiger partial charge on any atom is 0.123 e. The summed E-state index contributed by atoms with van der Waals surface area (Å²) < 4.78 is 1.04. The molecule has 3 nitrogen and oxygen atoms in total. The van der Waals surface area contributed by atoms with Crippen molar-refractivity contribution in [1.82, 2.24) is 9.97 Å². The Morgan fingerprint density at radius 1 is 1.38 bits per heavy atom. The summed E-state index contributed by atoms with van der Waals surface area (Å²) >= 11 is 3.53. The molecular weight excluding hydrogens is 266 g/mol. The highest BCUT2D eigenvalue weighted by molar-refractivity contribution is 9.10. The predicted molar refractivity (Wildman–Crippen MR) is 69.1 cm³/mol. The van der Waals surface area contributed by atoms with E-state index in [-0.39, 0.29) is 6.04 Å². The molecule has 0 bridgehead atoms. The molecule has 1 unspecified atom stereocenters. The molecule has 0 saturated carbocycles. The molecule has 0 amide bonds. The maximum atomic E-state index is 5.81. The number of aryl methyl sites for hydroxylation is 1. The largest absolute Gasteiger partial charge is 0.344 e. The first kappa shape index (κ1) is 11.4. The van der Waals surface area contributed by atoms with E-state index in [2.05, 4.69) is 25.9 Å². The van der Waals surface area contributed by atoms with E-state index in [0.29, 0.717) is 0 Å².